The number of ether oxygens (including phenoxy) is 2. The van der Waals surface area contributed by atoms with E-state index in [2.05, 4.69) is 5.32 Å². The van der Waals surface area contributed by atoms with Crippen molar-refractivity contribution in [2.75, 3.05) is 31.1 Å². The summed E-state index contributed by atoms with van der Waals surface area (Å²) in [6, 6.07) is 20.6. The van der Waals surface area contributed by atoms with Gasteiger partial charge in [0.15, 0.2) is 0 Å². The highest BCUT2D eigenvalue weighted by Gasteiger charge is 2.29. The Morgan fingerprint density at radius 3 is 2.24 bits per heavy atom. The average molecular weight is 469 g/mol. The first-order chi connectivity index (χ1) is 15.8. The summed E-state index contributed by atoms with van der Waals surface area (Å²) in [5.74, 6) is 0.622. The highest BCUT2D eigenvalue weighted by atomic mass is 32.2. The molecule has 0 aliphatic rings. The fraction of sp³-hybridized carbons (Fsp3) is 0.240. The smallest absolute Gasteiger partial charge is 0.264 e. The van der Waals surface area contributed by atoms with Crippen LogP contribution in [0.5, 0.6) is 11.5 Å². The van der Waals surface area contributed by atoms with E-state index >= 15 is 0 Å². The molecule has 0 saturated carbocycles. The summed E-state index contributed by atoms with van der Waals surface area (Å²) in [5.41, 5.74) is 2.46. The van der Waals surface area contributed by atoms with E-state index in [0.717, 1.165) is 21.2 Å². The number of hydrogen-bond donors (Lipinski definition) is 1. The molecule has 0 heterocycles. The number of nitrogens with zero attached hydrogens (tertiary/aromatic N) is 1. The lowest BCUT2D eigenvalue weighted by Crippen LogP contribution is -2.42. The molecule has 8 heteroatoms. The molecule has 0 atom stereocenters. The third-order valence-corrected chi connectivity index (χ3v) is 6.63. The topological polar surface area (TPSA) is 84.9 Å². The standard InChI is InChI=1S/C25H28N2O5S/c1-19-15-20(2)17-21(16-19)32-14-13-26-25(28)18-27(23-11-7-8-12-24(23)31-3)33(29,30)22-9-5-4-6-10-22/h4-12,15-17H,13-14,18H2,1-3H3,(H,26,28). The van der Waals surface area contributed by atoms with E-state index in [-0.39, 0.29) is 23.7 Å². The Balaban J connectivity index is 1.72. The van der Waals surface area contributed by atoms with Crippen molar-refractivity contribution in [1.29, 1.82) is 0 Å². The van der Waals surface area contributed by atoms with E-state index in [1.54, 1.807) is 42.5 Å². The molecule has 33 heavy (non-hydrogen) atoms. The molecule has 0 radical (unpaired) electrons. The van der Waals surface area contributed by atoms with Gasteiger partial charge >= 0.3 is 0 Å². The van der Waals surface area contributed by atoms with Gasteiger partial charge in [-0.25, -0.2) is 8.42 Å². The zero-order chi connectivity index (χ0) is 23.8. The van der Waals surface area contributed by atoms with Crippen LogP contribution in [-0.4, -0.2) is 41.1 Å². The molecule has 0 unspecified atom stereocenters. The van der Waals surface area contributed by atoms with Crippen LogP contribution in [0.25, 0.3) is 0 Å². The molecule has 174 valence electrons. The van der Waals surface area contributed by atoms with Gasteiger partial charge in [0.25, 0.3) is 10.0 Å². The molecule has 3 rings (SSSR count). The van der Waals surface area contributed by atoms with E-state index < -0.39 is 22.5 Å². The number of hydrogen-bond acceptors (Lipinski definition) is 5. The Labute approximate surface area is 195 Å². The molecule has 1 amide bonds. The van der Waals surface area contributed by atoms with Gasteiger partial charge in [0.1, 0.15) is 24.7 Å². The normalized spacial score (nSPS) is 11.0. The van der Waals surface area contributed by atoms with E-state index in [4.69, 9.17) is 9.47 Å². The maximum absolute atomic E-state index is 13.4. The molecular formula is C25H28N2O5S. The van der Waals surface area contributed by atoms with Crippen molar-refractivity contribution >= 4 is 21.6 Å². The lowest BCUT2D eigenvalue weighted by atomic mass is 10.1. The van der Waals surface area contributed by atoms with Gasteiger partial charge in [-0.15, -0.1) is 0 Å². The number of sulfonamides is 1. The highest BCUT2D eigenvalue weighted by Crippen LogP contribution is 2.32. The molecule has 0 aliphatic heterocycles. The van der Waals surface area contributed by atoms with Crippen LogP contribution in [0.15, 0.2) is 77.7 Å². The second-order valence-electron chi connectivity index (χ2n) is 7.52. The fourth-order valence-electron chi connectivity index (χ4n) is 3.42. The average Bonchev–Trinajstić information content (AvgIpc) is 2.80. The van der Waals surface area contributed by atoms with Crippen molar-refractivity contribution in [3.63, 3.8) is 0 Å². The number of methoxy groups -OCH3 is 1. The van der Waals surface area contributed by atoms with Gasteiger partial charge in [0.2, 0.25) is 5.91 Å². The summed E-state index contributed by atoms with van der Waals surface area (Å²) in [7, 11) is -2.55. The van der Waals surface area contributed by atoms with Gasteiger partial charge in [0.05, 0.1) is 24.2 Å². The van der Waals surface area contributed by atoms with Crippen LogP contribution in [0, 0.1) is 13.8 Å². The summed E-state index contributed by atoms with van der Waals surface area (Å²) in [6.45, 7) is 4.06. The number of para-hydroxylation sites is 2. The third kappa shape index (κ3) is 6.26. The SMILES string of the molecule is COc1ccccc1N(CC(=O)NCCOc1cc(C)cc(C)c1)S(=O)(=O)c1ccccc1. The Hall–Kier alpha value is -3.52. The lowest BCUT2D eigenvalue weighted by molar-refractivity contribution is -0.119. The van der Waals surface area contributed by atoms with E-state index in [0.29, 0.717) is 5.75 Å². The number of amides is 1. The quantitative estimate of drug-likeness (QED) is 0.459. The fourth-order valence-corrected chi connectivity index (χ4v) is 4.87. The van der Waals surface area contributed by atoms with Crippen LogP contribution >= 0.6 is 0 Å². The van der Waals surface area contributed by atoms with Crippen LogP contribution < -0.4 is 19.1 Å². The molecule has 0 aromatic heterocycles. The van der Waals surface area contributed by atoms with Crippen LogP contribution in [0.2, 0.25) is 0 Å². The van der Waals surface area contributed by atoms with Gasteiger partial charge in [-0.3, -0.25) is 9.10 Å². The highest BCUT2D eigenvalue weighted by molar-refractivity contribution is 7.92. The van der Waals surface area contributed by atoms with E-state index in [9.17, 15) is 13.2 Å². The first-order valence-electron chi connectivity index (χ1n) is 10.5. The maximum Gasteiger partial charge on any atom is 0.264 e. The number of nitrogens with one attached hydrogen (secondary N) is 1. The van der Waals surface area contributed by atoms with Crippen molar-refractivity contribution in [3.8, 4) is 11.5 Å². The third-order valence-electron chi connectivity index (χ3n) is 4.86. The Bertz CT molecular complexity index is 1180. The summed E-state index contributed by atoms with van der Waals surface area (Å²) in [4.78, 5) is 12.8. The molecule has 0 saturated heterocycles. The number of benzene rings is 3. The Morgan fingerprint density at radius 2 is 1.58 bits per heavy atom. The van der Waals surface area contributed by atoms with Gasteiger partial charge in [0, 0.05) is 0 Å². The van der Waals surface area contributed by atoms with Crippen LogP contribution in [0.1, 0.15) is 11.1 Å². The van der Waals surface area contributed by atoms with E-state index in [1.807, 2.05) is 32.0 Å². The monoisotopic (exact) mass is 468 g/mol. The molecule has 3 aromatic carbocycles. The van der Waals surface area contributed by atoms with Crippen molar-refractivity contribution in [2.45, 2.75) is 18.7 Å². The van der Waals surface area contributed by atoms with Crippen molar-refractivity contribution in [2.24, 2.45) is 0 Å². The predicted octanol–water partition coefficient (Wildman–Crippen LogP) is 3.70. The number of carbonyl (C=O) groups excluding carboxylic acids is 1. The Kier molecular flexibility index (Phi) is 7.95. The molecular weight excluding hydrogens is 440 g/mol. The first-order valence-corrected chi connectivity index (χ1v) is 11.9. The van der Waals surface area contributed by atoms with Gasteiger partial charge in [-0.2, -0.15) is 0 Å². The maximum atomic E-state index is 13.4. The Morgan fingerprint density at radius 1 is 0.939 bits per heavy atom. The number of anilines is 1. The molecule has 0 aliphatic carbocycles. The summed E-state index contributed by atoms with van der Waals surface area (Å²) >= 11 is 0. The van der Waals surface area contributed by atoms with Gasteiger partial charge < -0.3 is 14.8 Å². The number of rotatable bonds is 10. The summed E-state index contributed by atoms with van der Waals surface area (Å²) in [6.07, 6.45) is 0. The minimum absolute atomic E-state index is 0.0851. The van der Waals surface area contributed by atoms with E-state index in [1.165, 1.54) is 19.2 Å². The first kappa shape index (κ1) is 24.1. The molecule has 7 nitrogen and oxygen atoms in total. The van der Waals surface area contributed by atoms with Crippen LogP contribution in [0.3, 0.4) is 0 Å². The van der Waals surface area contributed by atoms with Crippen LogP contribution in [0.4, 0.5) is 5.69 Å². The molecule has 3 aromatic rings. The van der Waals surface area contributed by atoms with Gasteiger partial charge in [-0.05, 0) is 61.4 Å². The van der Waals surface area contributed by atoms with Crippen molar-refractivity contribution < 1.29 is 22.7 Å². The number of aryl methyl sites for hydroxylation is 2. The molecule has 0 fully saturated rings. The second-order valence-corrected chi connectivity index (χ2v) is 9.38. The zero-order valence-corrected chi connectivity index (χ0v) is 19.8. The summed E-state index contributed by atoms with van der Waals surface area (Å²) < 4.78 is 38.9. The van der Waals surface area contributed by atoms with Gasteiger partial charge in [-0.1, -0.05) is 36.4 Å². The molecule has 0 spiro atoms. The zero-order valence-electron chi connectivity index (χ0n) is 18.9. The number of carbonyl (C=O) groups is 1. The minimum atomic E-state index is -4.00. The molecule has 0 bridgehead atoms. The molecule has 1 N–H and O–H groups in total. The lowest BCUT2D eigenvalue weighted by Gasteiger charge is -2.25. The second kappa shape index (κ2) is 10.9. The largest absolute Gasteiger partial charge is 0.495 e. The van der Waals surface area contributed by atoms with Crippen LogP contribution in [-0.2, 0) is 14.8 Å². The van der Waals surface area contributed by atoms with Crippen molar-refractivity contribution in [3.05, 3.63) is 83.9 Å². The minimum Gasteiger partial charge on any atom is -0.495 e. The summed E-state index contributed by atoms with van der Waals surface area (Å²) in [5, 5.41) is 2.73. The van der Waals surface area contributed by atoms with Crippen molar-refractivity contribution in [1.82, 2.24) is 5.32 Å². The predicted molar refractivity (Wildman–Crippen MR) is 128 cm³/mol.